The van der Waals surface area contributed by atoms with Crippen molar-refractivity contribution in [3.63, 3.8) is 0 Å². The number of carbonyl (C=O) groups is 1. The molecule has 2 aromatic rings. The fraction of sp³-hybridized carbons (Fsp3) is 0.391. The Morgan fingerprint density at radius 2 is 2.00 bits per heavy atom. The zero-order valence-corrected chi connectivity index (χ0v) is 17.2. The number of aryl methyl sites for hydroxylation is 2. The first-order valence-electron chi connectivity index (χ1n) is 9.49. The number of amides is 1. The molecule has 0 spiro atoms. The lowest BCUT2D eigenvalue weighted by Crippen LogP contribution is -2.16. The van der Waals surface area contributed by atoms with E-state index >= 15 is 0 Å². The molecule has 1 aromatic heterocycles. The molecular formula is C23H29N3O. The highest BCUT2D eigenvalue weighted by atomic mass is 16.1. The summed E-state index contributed by atoms with van der Waals surface area (Å²) in [4.78, 5) is 12.8. The van der Waals surface area contributed by atoms with Gasteiger partial charge in [0.15, 0.2) is 0 Å². The molecule has 4 heteroatoms. The Kier molecular flexibility index (Phi) is 6.63. The lowest BCUT2D eigenvalue weighted by atomic mass is 9.98. The van der Waals surface area contributed by atoms with E-state index in [1.54, 1.807) is 6.08 Å². The van der Waals surface area contributed by atoms with Gasteiger partial charge in [-0.2, -0.15) is 5.26 Å². The third-order valence-corrected chi connectivity index (χ3v) is 4.89. The molecule has 2 rings (SSSR count). The summed E-state index contributed by atoms with van der Waals surface area (Å²) < 4.78 is 2.22. The summed E-state index contributed by atoms with van der Waals surface area (Å²) >= 11 is 0. The first kappa shape index (κ1) is 20.5. The van der Waals surface area contributed by atoms with E-state index in [0.717, 1.165) is 46.7 Å². The monoisotopic (exact) mass is 363 g/mol. The van der Waals surface area contributed by atoms with Crippen LogP contribution in [0.1, 0.15) is 61.2 Å². The highest BCUT2D eigenvalue weighted by Gasteiger charge is 2.16. The number of hydrogen-bond donors (Lipinski definition) is 1. The van der Waals surface area contributed by atoms with E-state index in [1.807, 2.05) is 45.0 Å². The van der Waals surface area contributed by atoms with E-state index in [9.17, 15) is 10.1 Å². The van der Waals surface area contributed by atoms with Gasteiger partial charge in [-0.3, -0.25) is 4.79 Å². The summed E-state index contributed by atoms with van der Waals surface area (Å²) in [5.41, 5.74) is 6.11. The summed E-state index contributed by atoms with van der Waals surface area (Å²) in [6.07, 6.45) is 2.73. The standard InChI is InChI=1S/C23H29N3O/c1-7-11-26-17(5)12-19(18(26)6)13-20(14-24)23(27)25-22-16(4)9-8-10-21(22)15(2)3/h8-10,12-13,15H,7,11H2,1-6H3,(H,25,27)/b20-13+. The highest BCUT2D eigenvalue weighted by Crippen LogP contribution is 2.28. The van der Waals surface area contributed by atoms with Gasteiger partial charge in [-0.1, -0.05) is 39.0 Å². The predicted octanol–water partition coefficient (Wildman–Crippen LogP) is 5.49. The Hall–Kier alpha value is -2.80. The molecule has 0 unspecified atom stereocenters. The quantitative estimate of drug-likeness (QED) is 0.545. The van der Waals surface area contributed by atoms with Crippen LogP contribution < -0.4 is 5.32 Å². The van der Waals surface area contributed by atoms with Gasteiger partial charge in [0.25, 0.3) is 5.91 Å². The number of carbonyl (C=O) groups excluding carboxylic acids is 1. The molecule has 0 aliphatic rings. The summed E-state index contributed by atoms with van der Waals surface area (Å²) in [5, 5.41) is 12.5. The van der Waals surface area contributed by atoms with Gasteiger partial charge in [0, 0.05) is 23.6 Å². The lowest BCUT2D eigenvalue weighted by Gasteiger charge is -2.16. The largest absolute Gasteiger partial charge is 0.349 e. The second kappa shape index (κ2) is 8.73. The van der Waals surface area contributed by atoms with Crippen LogP contribution in [0.25, 0.3) is 6.08 Å². The third-order valence-electron chi connectivity index (χ3n) is 4.89. The molecule has 0 fully saturated rings. The molecule has 4 nitrogen and oxygen atoms in total. The van der Waals surface area contributed by atoms with Crippen LogP contribution in [0.4, 0.5) is 5.69 Å². The van der Waals surface area contributed by atoms with Crippen molar-refractivity contribution in [3.8, 4) is 6.07 Å². The molecule has 0 aliphatic heterocycles. The van der Waals surface area contributed by atoms with Gasteiger partial charge < -0.3 is 9.88 Å². The van der Waals surface area contributed by atoms with Crippen LogP contribution in [0.15, 0.2) is 29.8 Å². The lowest BCUT2D eigenvalue weighted by molar-refractivity contribution is -0.112. The number of benzene rings is 1. The van der Waals surface area contributed by atoms with E-state index < -0.39 is 0 Å². The predicted molar refractivity (Wildman–Crippen MR) is 112 cm³/mol. The molecule has 1 heterocycles. The number of anilines is 1. The van der Waals surface area contributed by atoms with E-state index in [4.69, 9.17) is 0 Å². The van der Waals surface area contributed by atoms with Crippen molar-refractivity contribution < 1.29 is 4.79 Å². The van der Waals surface area contributed by atoms with Crippen LogP contribution in [-0.2, 0) is 11.3 Å². The van der Waals surface area contributed by atoms with Crippen molar-refractivity contribution in [2.75, 3.05) is 5.32 Å². The second-order valence-electron chi connectivity index (χ2n) is 7.30. The van der Waals surface area contributed by atoms with Crippen LogP contribution in [0, 0.1) is 32.1 Å². The SMILES string of the molecule is CCCn1c(C)cc(/C=C(\C#N)C(=O)Nc2c(C)cccc2C(C)C)c1C. The molecule has 0 radical (unpaired) electrons. The number of nitrogens with zero attached hydrogens (tertiary/aromatic N) is 2. The van der Waals surface area contributed by atoms with Crippen LogP contribution >= 0.6 is 0 Å². The number of nitriles is 1. The van der Waals surface area contributed by atoms with Crippen molar-refractivity contribution in [2.45, 2.75) is 60.4 Å². The number of hydrogen-bond acceptors (Lipinski definition) is 2. The maximum absolute atomic E-state index is 12.8. The molecule has 1 N–H and O–H groups in total. The van der Waals surface area contributed by atoms with Gasteiger partial charge in [0.05, 0.1) is 0 Å². The molecule has 0 saturated heterocycles. The van der Waals surface area contributed by atoms with Crippen molar-refractivity contribution in [3.05, 3.63) is 57.9 Å². The smallest absolute Gasteiger partial charge is 0.266 e. The number of aromatic nitrogens is 1. The molecule has 27 heavy (non-hydrogen) atoms. The average molecular weight is 364 g/mol. The van der Waals surface area contributed by atoms with Crippen LogP contribution in [0.5, 0.6) is 0 Å². The average Bonchev–Trinajstić information content (AvgIpc) is 2.88. The maximum Gasteiger partial charge on any atom is 0.266 e. The first-order chi connectivity index (χ1) is 12.8. The zero-order valence-electron chi connectivity index (χ0n) is 17.2. The second-order valence-corrected chi connectivity index (χ2v) is 7.30. The Bertz CT molecular complexity index is 910. The summed E-state index contributed by atoms with van der Waals surface area (Å²) in [6.45, 7) is 13.3. The number of rotatable bonds is 6. The van der Waals surface area contributed by atoms with Crippen LogP contribution in [0.3, 0.4) is 0 Å². The molecule has 0 saturated carbocycles. The Morgan fingerprint density at radius 3 is 2.59 bits per heavy atom. The number of nitrogens with one attached hydrogen (secondary N) is 1. The van der Waals surface area contributed by atoms with Gasteiger partial charge in [-0.15, -0.1) is 0 Å². The molecule has 142 valence electrons. The Morgan fingerprint density at radius 1 is 1.30 bits per heavy atom. The molecule has 0 bridgehead atoms. The van der Waals surface area contributed by atoms with Gasteiger partial charge in [-0.25, -0.2) is 0 Å². The van der Waals surface area contributed by atoms with Crippen molar-refractivity contribution >= 4 is 17.7 Å². The molecule has 0 aliphatic carbocycles. The van der Waals surface area contributed by atoms with Gasteiger partial charge >= 0.3 is 0 Å². The summed E-state index contributed by atoms with van der Waals surface area (Å²) in [5.74, 6) is -0.0864. The van der Waals surface area contributed by atoms with Crippen LogP contribution in [-0.4, -0.2) is 10.5 Å². The van der Waals surface area contributed by atoms with Gasteiger partial charge in [0.2, 0.25) is 0 Å². The third kappa shape index (κ3) is 4.49. The van der Waals surface area contributed by atoms with Gasteiger partial charge in [-0.05, 0) is 61.9 Å². The first-order valence-corrected chi connectivity index (χ1v) is 9.49. The van der Waals surface area contributed by atoms with Crippen molar-refractivity contribution in [2.24, 2.45) is 0 Å². The fourth-order valence-electron chi connectivity index (χ4n) is 3.37. The van der Waals surface area contributed by atoms with Crippen molar-refractivity contribution in [1.82, 2.24) is 4.57 Å². The van der Waals surface area contributed by atoms with E-state index in [-0.39, 0.29) is 17.4 Å². The topological polar surface area (TPSA) is 57.8 Å². The molecule has 0 atom stereocenters. The molecule has 1 amide bonds. The van der Waals surface area contributed by atoms with E-state index in [1.165, 1.54) is 0 Å². The maximum atomic E-state index is 12.8. The molecular weight excluding hydrogens is 334 g/mol. The van der Waals surface area contributed by atoms with E-state index in [2.05, 4.69) is 36.7 Å². The zero-order chi connectivity index (χ0) is 20.1. The minimum atomic E-state index is -0.367. The Labute approximate surface area is 162 Å². The van der Waals surface area contributed by atoms with E-state index in [0.29, 0.717) is 0 Å². The minimum Gasteiger partial charge on any atom is -0.349 e. The molecule has 1 aromatic carbocycles. The fourth-order valence-corrected chi connectivity index (χ4v) is 3.37. The summed E-state index contributed by atoms with van der Waals surface area (Å²) in [6, 6.07) is 10.1. The van der Waals surface area contributed by atoms with Crippen molar-refractivity contribution in [1.29, 1.82) is 5.26 Å². The highest BCUT2D eigenvalue weighted by molar-refractivity contribution is 6.10. The number of para-hydroxylation sites is 1. The summed E-state index contributed by atoms with van der Waals surface area (Å²) in [7, 11) is 0. The normalized spacial score (nSPS) is 11.6. The Balaban J connectivity index is 2.37. The van der Waals surface area contributed by atoms with Gasteiger partial charge in [0.1, 0.15) is 11.6 Å². The minimum absolute atomic E-state index is 0.115. The van der Waals surface area contributed by atoms with Crippen LogP contribution in [0.2, 0.25) is 0 Å².